The molecule has 0 bridgehead atoms. The van der Waals surface area contributed by atoms with Crippen molar-refractivity contribution in [2.24, 2.45) is 0 Å². The number of imidazole rings is 1. The molecule has 78 valence electrons. The first kappa shape index (κ1) is 8.92. The van der Waals surface area contributed by atoms with Crippen LogP contribution < -0.4 is 5.32 Å². The van der Waals surface area contributed by atoms with E-state index in [1.54, 1.807) is 0 Å². The summed E-state index contributed by atoms with van der Waals surface area (Å²) in [5.41, 5.74) is 2.32. The molecule has 1 fully saturated rings. The first-order valence-corrected chi connectivity index (χ1v) is 5.57. The number of nitrogens with zero attached hydrogens (tertiary/aromatic N) is 2. The van der Waals surface area contributed by atoms with E-state index in [1.165, 1.54) is 18.4 Å². The molecule has 1 aliphatic rings. The fraction of sp³-hybridized carbons (Fsp3) is 0.417. The fourth-order valence-corrected chi connectivity index (χ4v) is 1.87. The molecule has 2 aromatic rings. The van der Waals surface area contributed by atoms with E-state index in [9.17, 15) is 0 Å². The van der Waals surface area contributed by atoms with Gasteiger partial charge in [0.05, 0.1) is 17.4 Å². The average Bonchev–Trinajstić information content (AvgIpc) is 3.00. The number of para-hydroxylation sites is 2. The maximum absolute atomic E-state index is 4.37. The van der Waals surface area contributed by atoms with Crippen LogP contribution in [0.4, 0.5) is 0 Å². The lowest BCUT2D eigenvalue weighted by Gasteiger charge is -2.04. The smallest absolute Gasteiger partial charge is 0.0958 e. The lowest BCUT2D eigenvalue weighted by Crippen LogP contribution is -2.21. The zero-order valence-corrected chi connectivity index (χ0v) is 8.69. The minimum Gasteiger partial charge on any atom is -0.329 e. The van der Waals surface area contributed by atoms with Crippen LogP contribution in [-0.2, 0) is 6.54 Å². The largest absolute Gasteiger partial charge is 0.329 e. The van der Waals surface area contributed by atoms with Gasteiger partial charge in [0.1, 0.15) is 0 Å². The summed E-state index contributed by atoms with van der Waals surface area (Å²) in [4.78, 5) is 4.37. The Hall–Kier alpha value is -1.35. The van der Waals surface area contributed by atoms with Crippen LogP contribution in [-0.4, -0.2) is 22.1 Å². The van der Waals surface area contributed by atoms with Crippen LogP contribution in [0.15, 0.2) is 30.6 Å². The van der Waals surface area contributed by atoms with Gasteiger partial charge in [-0.15, -0.1) is 0 Å². The van der Waals surface area contributed by atoms with Crippen molar-refractivity contribution in [3.63, 3.8) is 0 Å². The van der Waals surface area contributed by atoms with E-state index in [1.807, 2.05) is 12.4 Å². The molecular formula is C12H15N3. The Bertz CT molecular complexity index is 457. The minimum absolute atomic E-state index is 0.791. The Morgan fingerprint density at radius 2 is 2.20 bits per heavy atom. The van der Waals surface area contributed by atoms with E-state index in [-0.39, 0.29) is 0 Å². The van der Waals surface area contributed by atoms with Crippen molar-refractivity contribution in [2.75, 3.05) is 6.54 Å². The van der Waals surface area contributed by atoms with Gasteiger partial charge in [-0.05, 0) is 25.0 Å². The first-order chi connectivity index (χ1) is 7.43. The molecule has 1 aliphatic carbocycles. The van der Waals surface area contributed by atoms with Gasteiger partial charge in [0.15, 0.2) is 0 Å². The molecule has 3 nitrogen and oxygen atoms in total. The molecule has 15 heavy (non-hydrogen) atoms. The maximum atomic E-state index is 4.37. The molecule has 1 heterocycles. The molecule has 0 unspecified atom stereocenters. The van der Waals surface area contributed by atoms with Gasteiger partial charge in [0, 0.05) is 19.1 Å². The van der Waals surface area contributed by atoms with Crippen molar-refractivity contribution >= 4 is 11.0 Å². The molecule has 0 radical (unpaired) electrons. The van der Waals surface area contributed by atoms with E-state index < -0.39 is 0 Å². The summed E-state index contributed by atoms with van der Waals surface area (Å²) < 4.78 is 2.21. The summed E-state index contributed by atoms with van der Waals surface area (Å²) in [6.07, 6.45) is 4.63. The number of rotatable bonds is 4. The van der Waals surface area contributed by atoms with Gasteiger partial charge >= 0.3 is 0 Å². The quantitative estimate of drug-likeness (QED) is 0.817. The van der Waals surface area contributed by atoms with Gasteiger partial charge in [-0.25, -0.2) is 4.98 Å². The molecule has 3 rings (SSSR count). The summed E-state index contributed by atoms with van der Waals surface area (Å²) in [5, 5.41) is 3.51. The second-order valence-corrected chi connectivity index (χ2v) is 4.16. The van der Waals surface area contributed by atoms with Gasteiger partial charge in [0.2, 0.25) is 0 Å². The van der Waals surface area contributed by atoms with Gasteiger partial charge in [0.25, 0.3) is 0 Å². The number of hydrogen-bond acceptors (Lipinski definition) is 2. The standard InChI is InChI=1S/C12H15N3/c1-2-4-12-11(3-1)14-9-15(12)8-7-13-10-5-6-10/h1-4,9-10,13H,5-8H2. The maximum Gasteiger partial charge on any atom is 0.0958 e. The summed E-state index contributed by atoms with van der Waals surface area (Å²) in [6, 6.07) is 9.07. The molecule has 0 saturated heterocycles. The number of benzene rings is 1. The van der Waals surface area contributed by atoms with Crippen molar-refractivity contribution in [1.82, 2.24) is 14.9 Å². The third kappa shape index (κ3) is 1.88. The third-order valence-corrected chi connectivity index (χ3v) is 2.89. The molecule has 3 heteroatoms. The highest BCUT2D eigenvalue weighted by molar-refractivity contribution is 5.74. The van der Waals surface area contributed by atoms with Crippen LogP contribution >= 0.6 is 0 Å². The van der Waals surface area contributed by atoms with Crippen LogP contribution in [0.3, 0.4) is 0 Å². The summed E-state index contributed by atoms with van der Waals surface area (Å²) >= 11 is 0. The van der Waals surface area contributed by atoms with Crippen molar-refractivity contribution in [3.05, 3.63) is 30.6 Å². The van der Waals surface area contributed by atoms with Crippen LogP contribution in [0.25, 0.3) is 11.0 Å². The van der Waals surface area contributed by atoms with Crippen molar-refractivity contribution in [1.29, 1.82) is 0 Å². The molecule has 0 atom stereocenters. The fourth-order valence-electron chi connectivity index (χ4n) is 1.87. The van der Waals surface area contributed by atoms with Gasteiger partial charge in [-0.3, -0.25) is 0 Å². The second-order valence-electron chi connectivity index (χ2n) is 4.16. The Morgan fingerprint density at radius 3 is 3.07 bits per heavy atom. The molecule has 0 amide bonds. The summed E-state index contributed by atoms with van der Waals surface area (Å²) in [7, 11) is 0. The number of aromatic nitrogens is 2. The zero-order chi connectivity index (χ0) is 10.1. The van der Waals surface area contributed by atoms with Gasteiger partial charge < -0.3 is 9.88 Å². The van der Waals surface area contributed by atoms with E-state index >= 15 is 0 Å². The number of hydrogen-bond donors (Lipinski definition) is 1. The predicted octanol–water partition coefficient (Wildman–Crippen LogP) is 1.79. The van der Waals surface area contributed by atoms with E-state index in [4.69, 9.17) is 0 Å². The molecule has 1 N–H and O–H groups in total. The van der Waals surface area contributed by atoms with Crippen molar-refractivity contribution < 1.29 is 0 Å². The van der Waals surface area contributed by atoms with Crippen LogP contribution in [0.2, 0.25) is 0 Å². The highest BCUT2D eigenvalue weighted by Gasteiger charge is 2.19. The Balaban J connectivity index is 1.72. The predicted molar refractivity (Wildman–Crippen MR) is 60.8 cm³/mol. The van der Waals surface area contributed by atoms with Crippen molar-refractivity contribution in [2.45, 2.75) is 25.4 Å². The Kier molecular flexibility index (Phi) is 2.18. The molecular weight excluding hydrogens is 186 g/mol. The molecule has 0 spiro atoms. The van der Waals surface area contributed by atoms with Crippen LogP contribution in [0, 0.1) is 0 Å². The van der Waals surface area contributed by atoms with Crippen LogP contribution in [0.5, 0.6) is 0 Å². The van der Waals surface area contributed by atoms with E-state index in [0.29, 0.717) is 0 Å². The molecule has 0 aliphatic heterocycles. The zero-order valence-electron chi connectivity index (χ0n) is 8.69. The second kappa shape index (κ2) is 3.66. The Labute approximate surface area is 89.1 Å². The van der Waals surface area contributed by atoms with E-state index in [2.05, 4.69) is 33.1 Å². The first-order valence-electron chi connectivity index (χ1n) is 5.57. The normalized spacial score (nSPS) is 16.0. The molecule has 1 aromatic heterocycles. The monoisotopic (exact) mass is 201 g/mol. The minimum atomic E-state index is 0.791. The highest BCUT2D eigenvalue weighted by atomic mass is 15.1. The summed E-state index contributed by atoms with van der Waals surface area (Å²) in [5.74, 6) is 0. The van der Waals surface area contributed by atoms with Gasteiger partial charge in [-0.1, -0.05) is 12.1 Å². The van der Waals surface area contributed by atoms with E-state index in [0.717, 1.165) is 24.6 Å². The lowest BCUT2D eigenvalue weighted by molar-refractivity contribution is 0.604. The van der Waals surface area contributed by atoms with Crippen molar-refractivity contribution in [3.8, 4) is 0 Å². The number of fused-ring (bicyclic) bond motifs is 1. The highest BCUT2D eigenvalue weighted by Crippen LogP contribution is 2.18. The topological polar surface area (TPSA) is 29.9 Å². The SMILES string of the molecule is c1ccc2c(c1)ncn2CCNC1CC1. The molecule has 1 saturated carbocycles. The average molecular weight is 201 g/mol. The molecule has 1 aromatic carbocycles. The lowest BCUT2D eigenvalue weighted by atomic mass is 10.3. The Morgan fingerprint density at radius 1 is 1.33 bits per heavy atom. The number of nitrogens with one attached hydrogen (secondary N) is 1. The summed E-state index contributed by atoms with van der Waals surface area (Å²) in [6.45, 7) is 2.06. The van der Waals surface area contributed by atoms with Crippen LogP contribution in [0.1, 0.15) is 12.8 Å². The van der Waals surface area contributed by atoms with Gasteiger partial charge in [-0.2, -0.15) is 0 Å². The third-order valence-electron chi connectivity index (χ3n) is 2.89.